The zero-order valence-corrected chi connectivity index (χ0v) is 40.3. The lowest BCUT2D eigenvalue weighted by atomic mass is 9.47. The van der Waals surface area contributed by atoms with Gasteiger partial charge in [0.05, 0.1) is 27.4 Å². The van der Waals surface area contributed by atoms with Crippen molar-refractivity contribution < 1.29 is 38.4 Å². The minimum atomic E-state index is -2.30. The molecule has 10 rings (SSSR count). The molecule has 1 saturated heterocycles. The van der Waals surface area contributed by atoms with Crippen LogP contribution in [-0.2, 0) is 51.7 Å². The Morgan fingerprint density at radius 3 is 2.48 bits per heavy atom. The van der Waals surface area contributed by atoms with Gasteiger partial charge in [0.2, 0.25) is 5.60 Å². The molecule has 1 spiro atoms. The molecule has 3 aromatic carbocycles. The maximum atomic E-state index is 15.5. The van der Waals surface area contributed by atoms with E-state index in [9.17, 15) is 14.7 Å². The van der Waals surface area contributed by atoms with E-state index in [1.807, 2.05) is 43.1 Å². The third-order valence-electron chi connectivity index (χ3n) is 16.2. The average Bonchev–Trinajstić information content (AvgIpc) is 3.97. The highest BCUT2D eigenvalue weighted by atomic mass is 35.5. The van der Waals surface area contributed by atoms with E-state index in [1.54, 1.807) is 18.9 Å². The lowest BCUT2D eigenvalue weighted by molar-refractivity contribution is -0.228. The normalized spacial score (nSPS) is 31.7. The summed E-state index contributed by atoms with van der Waals surface area (Å²) in [6.07, 6.45) is 7.56. The van der Waals surface area contributed by atoms with Crippen molar-refractivity contribution in [3.05, 3.63) is 111 Å². The molecule has 1 saturated carbocycles. The number of hydrogen-bond acceptors (Lipinski definition) is 12. The van der Waals surface area contributed by atoms with E-state index in [2.05, 4.69) is 70.3 Å². The Kier molecular flexibility index (Phi) is 11.2. The Balaban J connectivity index is 1.23. The minimum absolute atomic E-state index is 0.0116. The summed E-state index contributed by atoms with van der Waals surface area (Å²) in [6, 6.07) is 17.3. The number of nitrogens with zero attached hydrogens (tertiary/aromatic N) is 3. The van der Waals surface area contributed by atoms with Crippen molar-refractivity contribution in [2.24, 2.45) is 11.3 Å². The number of fused-ring (bicyclic) bond motifs is 6. The first-order chi connectivity index (χ1) is 31.7. The van der Waals surface area contributed by atoms with Gasteiger partial charge in [-0.3, -0.25) is 19.4 Å². The molecule has 6 heterocycles. The Morgan fingerprint density at radius 2 is 1.77 bits per heavy atom. The topological polar surface area (TPSA) is 134 Å². The molecule has 0 amide bonds. The summed E-state index contributed by atoms with van der Waals surface area (Å²) in [5, 5.41) is 15.2. The molecule has 14 heteroatoms. The van der Waals surface area contributed by atoms with E-state index in [4.69, 9.17) is 30.5 Å². The van der Waals surface area contributed by atoms with Gasteiger partial charge in [0.25, 0.3) is 0 Å². The SMILES string of the molecule is CCC1=C[C@H]2CN(C1)Cc1c([nH]c3ccc(SCc4ccccc4Cl)cc13)[C@@](C(=O)OC)(c1cc3c(cc1OC)N(C)[C@H]1[C@@](O)(C(=O)OC)[C@H](OC(C)=O)[C@]4(CC)C=CCN5CC[C@]31[C@@H]54)C2. The predicted molar refractivity (Wildman–Crippen MR) is 255 cm³/mol. The van der Waals surface area contributed by atoms with Crippen LogP contribution in [-0.4, -0.2) is 116 Å². The van der Waals surface area contributed by atoms with Gasteiger partial charge in [-0.2, -0.15) is 0 Å². The fourth-order valence-electron chi connectivity index (χ4n) is 13.7. The number of likely N-dealkylation sites (N-methyl/N-ethyl adjacent to an activating group) is 1. The molecule has 1 aromatic heterocycles. The summed E-state index contributed by atoms with van der Waals surface area (Å²) in [5.41, 5.74) is 1.81. The largest absolute Gasteiger partial charge is 0.496 e. The Labute approximate surface area is 395 Å². The summed E-state index contributed by atoms with van der Waals surface area (Å²) in [7, 11) is 6.23. The highest BCUT2D eigenvalue weighted by molar-refractivity contribution is 7.98. The van der Waals surface area contributed by atoms with Gasteiger partial charge < -0.3 is 33.9 Å². The van der Waals surface area contributed by atoms with E-state index in [0.717, 1.165) is 68.4 Å². The second-order valence-corrected chi connectivity index (χ2v) is 20.7. The van der Waals surface area contributed by atoms with E-state index in [-0.39, 0.29) is 12.0 Å². The summed E-state index contributed by atoms with van der Waals surface area (Å²) in [4.78, 5) is 54.9. The number of thioether (sulfide) groups is 1. The zero-order valence-electron chi connectivity index (χ0n) is 38.7. The van der Waals surface area contributed by atoms with Crippen molar-refractivity contribution in [1.82, 2.24) is 14.8 Å². The van der Waals surface area contributed by atoms with Crippen molar-refractivity contribution in [3.63, 3.8) is 0 Å². The first-order valence-electron chi connectivity index (χ1n) is 23.1. The van der Waals surface area contributed by atoms with Gasteiger partial charge in [-0.15, -0.1) is 11.8 Å². The molecule has 4 aromatic rings. The number of halogens is 1. The van der Waals surface area contributed by atoms with E-state index < -0.39 is 51.9 Å². The molecule has 9 atom stereocenters. The number of aliphatic hydroxyl groups is 1. The molecule has 2 fully saturated rings. The smallest absolute Gasteiger partial charge is 0.344 e. The van der Waals surface area contributed by atoms with Gasteiger partial charge in [-0.25, -0.2) is 4.79 Å². The highest BCUT2D eigenvalue weighted by Gasteiger charge is 2.80. The first-order valence-corrected chi connectivity index (χ1v) is 24.5. The molecule has 1 aliphatic carbocycles. The van der Waals surface area contributed by atoms with Crippen molar-refractivity contribution >= 4 is 57.9 Å². The molecule has 66 heavy (non-hydrogen) atoms. The second kappa shape index (κ2) is 16.5. The van der Waals surface area contributed by atoms with Crippen LogP contribution < -0.4 is 9.64 Å². The Hall–Kier alpha value is -4.79. The van der Waals surface area contributed by atoms with Gasteiger partial charge in [0.15, 0.2) is 6.10 Å². The van der Waals surface area contributed by atoms with E-state index in [1.165, 1.54) is 26.7 Å². The zero-order chi connectivity index (χ0) is 46.5. The number of ether oxygens (including phenoxy) is 4. The Morgan fingerprint density at radius 1 is 0.985 bits per heavy atom. The van der Waals surface area contributed by atoms with Crippen LogP contribution in [0.5, 0.6) is 5.75 Å². The summed E-state index contributed by atoms with van der Waals surface area (Å²) >= 11 is 8.32. The molecule has 2 N–H and O–H groups in total. The maximum Gasteiger partial charge on any atom is 0.344 e. The first kappa shape index (κ1) is 45.0. The third-order valence-corrected chi connectivity index (χ3v) is 17.6. The van der Waals surface area contributed by atoms with Gasteiger partial charge in [-0.05, 0) is 85.2 Å². The molecule has 348 valence electrons. The fourth-order valence-corrected chi connectivity index (χ4v) is 15.0. The van der Waals surface area contributed by atoms with E-state index in [0.29, 0.717) is 56.0 Å². The van der Waals surface area contributed by atoms with Crippen LogP contribution in [0.4, 0.5) is 5.69 Å². The van der Waals surface area contributed by atoms with Crippen LogP contribution in [0.15, 0.2) is 83.3 Å². The summed E-state index contributed by atoms with van der Waals surface area (Å²) in [5.74, 6) is -0.706. The van der Waals surface area contributed by atoms with Crippen molar-refractivity contribution in [1.29, 1.82) is 0 Å². The summed E-state index contributed by atoms with van der Waals surface area (Å²) < 4.78 is 24.2. The Bertz CT molecular complexity index is 2720. The number of methoxy groups -OCH3 is 3. The third kappa shape index (κ3) is 6.25. The van der Waals surface area contributed by atoms with Crippen molar-refractivity contribution in [2.75, 3.05) is 59.5 Å². The number of hydrogen-bond donors (Lipinski definition) is 2. The van der Waals surface area contributed by atoms with Gasteiger partial charge in [-0.1, -0.05) is 67.4 Å². The van der Waals surface area contributed by atoms with Crippen LogP contribution in [0, 0.1) is 11.3 Å². The van der Waals surface area contributed by atoms with Crippen LogP contribution >= 0.6 is 23.4 Å². The number of H-pyrrole nitrogens is 1. The fraction of sp³-hybridized carbons (Fsp3) is 0.481. The predicted octanol–water partition coefficient (Wildman–Crippen LogP) is 7.70. The number of nitrogens with one attached hydrogen (secondary N) is 1. The van der Waals surface area contributed by atoms with Crippen molar-refractivity contribution in [2.45, 2.75) is 98.3 Å². The van der Waals surface area contributed by atoms with Crippen LogP contribution in [0.2, 0.25) is 5.02 Å². The van der Waals surface area contributed by atoms with Gasteiger partial charge >= 0.3 is 17.9 Å². The molecule has 2 bridgehead atoms. The molecule has 1 unspecified atom stereocenters. The average molecular weight is 936 g/mol. The minimum Gasteiger partial charge on any atom is -0.496 e. The number of anilines is 1. The monoisotopic (exact) mass is 934 g/mol. The van der Waals surface area contributed by atoms with Crippen LogP contribution in [0.3, 0.4) is 0 Å². The van der Waals surface area contributed by atoms with Crippen LogP contribution in [0.25, 0.3) is 10.9 Å². The van der Waals surface area contributed by atoms with Gasteiger partial charge in [0, 0.05) is 107 Å². The molecular weight excluding hydrogens is 876 g/mol. The summed E-state index contributed by atoms with van der Waals surface area (Å²) in [6.45, 7) is 9.05. The van der Waals surface area contributed by atoms with Crippen molar-refractivity contribution in [3.8, 4) is 5.75 Å². The highest BCUT2D eigenvalue weighted by Crippen LogP contribution is 2.68. The standard InChI is InChI=1S/C52H59ClN4O8S/c1-8-31-21-32-25-51(47(59)63-6,43-36(28-56(26-31)27-32)35-22-34(15-16-40(35)54-43)66-29-33-13-10-11-14-39(33)53)38-23-37-41(24-42(38)62-5)55(4)45-50(37)18-20-57-19-12-17-49(9-2,44(50)57)46(65-30(3)58)52(45,61)48(60)64-7/h10-17,21-24,32,44-46,54,61H,8-9,18-20,25-29H2,1-7H3/t32-,44+,45-,46-,49-,50-,51+,52+/m1/s1. The van der Waals surface area contributed by atoms with E-state index >= 15 is 4.79 Å². The molecular formula is C52H59ClN4O8S. The number of carbonyl (C=O) groups is 3. The number of rotatable bonds is 10. The lowest BCUT2D eigenvalue weighted by Gasteiger charge is -2.63. The molecule has 6 aliphatic rings. The number of carbonyl (C=O) groups excluding carboxylic acids is 3. The second-order valence-electron chi connectivity index (χ2n) is 19.2. The number of benzene rings is 3. The molecule has 0 radical (unpaired) electrons. The quantitative estimate of drug-likeness (QED) is 0.0699. The lowest BCUT2D eigenvalue weighted by Crippen LogP contribution is -2.81. The molecule has 5 aliphatic heterocycles. The molecule has 12 nitrogen and oxygen atoms in total. The number of esters is 3. The van der Waals surface area contributed by atoms with Crippen LogP contribution in [0.1, 0.15) is 74.4 Å². The number of aromatic amines is 1. The number of aromatic nitrogens is 1. The maximum absolute atomic E-state index is 15.5. The van der Waals surface area contributed by atoms with Gasteiger partial charge in [0.1, 0.15) is 11.2 Å².